The summed E-state index contributed by atoms with van der Waals surface area (Å²) in [4.78, 5) is 4.83. The summed E-state index contributed by atoms with van der Waals surface area (Å²) in [6.07, 6.45) is 1.63. The van der Waals surface area contributed by atoms with E-state index in [1.165, 1.54) is 17.8 Å². The molecule has 0 unspecified atom stereocenters. The highest BCUT2D eigenvalue weighted by Crippen LogP contribution is 2.31. The number of fused-ring (bicyclic) bond motifs is 1. The van der Waals surface area contributed by atoms with Crippen molar-refractivity contribution in [1.29, 1.82) is 0 Å². The Balaban J connectivity index is 1.90. The lowest BCUT2D eigenvalue weighted by Crippen LogP contribution is -1.87. The molecule has 0 bridgehead atoms. The molecule has 0 fully saturated rings. The van der Waals surface area contributed by atoms with Gasteiger partial charge in [0.15, 0.2) is 0 Å². The van der Waals surface area contributed by atoms with Crippen molar-refractivity contribution in [1.82, 2.24) is 4.98 Å². The molecule has 100 valence electrons. The lowest BCUT2D eigenvalue weighted by Gasteiger charge is -2.06. The van der Waals surface area contributed by atoms with Crippen LogP contribution in [-0.4, -0.2) is 4.98 Å². The molecule has 20 heavy (non-hydrogen) atoms. The predicted molar refractivity (Wildman–Crippen MR) is 82.7 cm³/mol. The number of benzene rings is 2. The van der Waals surface area contributed by atoms with Crippen LogP contribution >= 0.6 is 23.4 Å². The largest absolute Gasteiger partial charge is 0.256 e. The lowest BCUT2D eigenvalue weighted by molar-refractivity contribution is 0.604. The third-order valence-electron chi connectivity index (χ3n) is 2.98. The van der Waals surface area contributed by atoms with Crippen LogP contribution in [0.2, 0.25) is 5.02 Å². The Hall–Kier alpha value is -1.58. The first-order valence-electron chi connectivity index (χ1n) is 6.14. The molecule has 0 amide bonds. The highest BCUT2D eigenvalue weighted by Gasteiger charge is 2.08. The lowest BCUT2D eigenvalue weighted by atomic mass is 10.2. The van der Waals surface area contributed by atoms with Crippen molar-refractivity contribution in [3.8, 4) is 0 Å². The van der Waals surface area contributed by atoms with Gasteiger partial charge in [0.1, 0.15) is 5.82 Å². The maximum atomic E-state index is 14.1. The third-order valence-corrected chi connectivity index (χ3v) is 4.41. The Labute approximate surface area is 125 Å². The summed E-state index contributed by atoms with van der Waals surface area (Å²) in [5.74, 6) is 0.470. The maximum Gasteiger partial charge on any atom is 0.137 e. The molecule has 1 aromatic heterocycles. The minimum Gasteiger partial charge on any atom is -0.256 e. The van der Waals surface area contributed by atoms with Gasteiger partial charge in [-0.3, -0.25) is 4.98 Å². The molecule has 0 spiro atoms. The monoisotopic (exact) mass is 303 g/mol. The molecular weight excluding hydrogens is 293 g/mol. The zero-order valence-corrected chi connectivity index (χ0v) is 12.1. The second-order valence-electron chi connectivity index (χ2n) is 4.37. The summed E-state index contributed by atoms with van der Waals surface area (Å²) in [6, 6.07) is 14.9. The molecule has 4 heteroatoms. The summed E-state index contributed by atoms with van der Waals surface area (Å²) < 4.78 is 14.1. The SMILES string of the molecule is Fc1cc2c(Cl)ccnc2cc1SCc1ccccc1. The van der Waals surface area contributed by atoms with E-state index in [9.17, 15) is 4.39 Å². The second kappa shape index (κ2) is 5.81. The van der Waals surface area contributed by atoms with Gasteiger partial charge in [-0.05, 0) is 23.8 Å². The van der Waals surface area contributed by atoms with Crippen LogP contribution in [0.3, 0.4) is 0 Å². The first-order valence-corrected chi connectivity index (χ1v) is 7.51. The third kappa shape index (κ3) is 2.79. The van der Waals surface area contributed by atoms with Gasteiger partial charge in [0.25, 0.3) is 0 Å². The highest BCUT2D eigenvalue weighted by atomic mass is 35.5. The summed E-state index contributed by atoms with van der Waals surface area (Å²) >= 11 is 7.50. The predicted octanol–water partition coefficient (Wildman–Crippen LogP) is 5.32. The van der Waals surface area contributed by atoms with Crippen molar-refractivity contribution in [3.63, 3.8) is 0 Å². The molecule has 2 aromatic carbocycles. The van der Waals surface area contributed by atoms with Crippen molar-refractivity contribution < 1.29 is 4.39 Å². The van der Waals surface area contributed by atoms with E-state index in [-0.39, 0.29) is 5.82 Å². The van der Waals surface area contributed by atoms with Gasteiger partial charge < -0.3 is 0 Å². The first kappa shape index (κ1) is 13.4. The molecule has 0 aliphatic rings. The van der Waals surface area contributed by atoms with Gasteiger partial charge in [0.05, 0.1) is 10.5 Å². The number of thioether (sulfide) groups is 1. The summed E-state index contributed by atoms with van der Waals surface area (Å²) in [6.45, 7) is 0. The van der Waals surface area contributed by atoms with Crippen LogP contribution in [-0.2, 0) is 5.75 Å². The van der Waals surface area contributed by atoms with Crippen LogP contribution in [0.1, 0.15) is 5.56 Å². The summed E-state index contributed by atoms with van der Waals surface area (Å²) in [5.41, 5.74) is 1.88. The van der Waals surface area contributed by atoms with Crippen LogP contribution in [0.4, 0.5) is 4.39 Å². The molecule has 3 rings (SSSR count). The number of hydrogen-bond acceptors (Lipinski definition) is 2. The maximum absolute atomic E-state index is 14.1. The number of halogens is 2. The fourth-order valence-corrected chi connectivity index (χ4v) is 3.07. The Kier molecular flexibility index (Phi) is 3.90. The van der Waals surface area contributed by atoms with Crippen molar-refractivity contribution in [2.24, 2.45) is 0 Å². The molecule has 0 saturated heterocycles. The molecule has 0 aliphatic carbocycles. The van der Waals surface area contributed by atoms with Crippen molar-refractivity contribution in [2.45, 2.75) is 10.6 Å². The number of aromatic nitrogens is 1. The fourth-order valence-electron chi connectivity index (χ4n) is 1.96. The van der Waals surface area contributed by atoms with Gasteiger partial charge in [-0.1, -0.05) is 41.9 Å². The quantitative estimate of drug-likeness (QED) is 0.607. The topological polar surface area (TPSA) is 12.9 Å². The van der Waals surface area contributed by atoms with Gasteiger partial charge in [-0.15, -0.1) is 11.8 Å². The standard InChI is InChI=1S/C16H11ClFNS/c17-13-6-7-19-15-9-16(14(18)8-12(13)15)20-10-11-4-2-1-3-5-11/h1-9H,10H2. The number of rotatable bonds is 3. The van der Waals surface area contributed by atoms with Gasteiger partial charge in [0, 0.05) is 22.2 Å². The van der Waals surface area contributed by atoms with E-state index in [4.69, 9.17) is 11.6 Å². The van der Waals surface area contributed by atoms with Crippen molar-refractivity contribution >= 4 is 34.3 Å². The van der Waals surface area contributed by atoms with E-state index < -0.39 is 0 Å². The van der Waals surface area contributed by atoms with E-state index in [1.807, 2.05) is 30.3 Å². The van der Waals surface area contributed by atoms with Gasteiger partial charge in [-0.2, -0.15) is 0 Å². The molecule has 0 radical (unpaired) electrons. The minimum absolute atomic E-state index is 0.256. The van der Waals surface area contributed by atoms with Gasteiger partial charge in [0.2, 0.25) is 0 Å². The van der Waals surface area contributed by atoms with Crippen LogP contribution in [0.15, 0.2) is 59.6 Å². The Morgan fingerprint density at radius 3 is 2.70 bits per heavy atom. The molecule has 1 nitrogen and oxygen atoms in total. The Morgan fingerprint density at radius 2 is 1.90 bits per heavy atom. The van der Waals surface area contributed by atoms with E-state index in [0.29, 0.717) is 15.3 Å². The minimum atomic E-state index is -0.256. The molecule has 0 aliphatic heterocycles. The van der Waals surface area contributed by atoms with Crippen LogP contribution < -0.4 is 0 Å². The molecule has 3 aromatic rings. The van der Waals surface area contributed by atoms with Crippen LogP contribution in [0, 0.1) is 5.82 Å². The summed E-state index contributed by atoms with van der Waals surface area (Å²) in [5, 5.41) is 1.17. The number of hydrogen-bond donors (Lipinski definition) is 0. The molecule has 0 saturated carbocycles. The van der Waals surface area contributed by atoms with Crippen LogP contribution in [0.25, 0.3) is 10.9 Å². The number of nitrogens with zero attached hydrogens (tertiary/aromatic N) is 1. The Morgan fingerprint density at radius 1 is 1.10 bits per heavy atom. The normalized spacial score (nSPS) is 10.9. The van der Waals surface area contributed by atoms with E-state index >= 15 is 0 Å². The van der Waals surface area contributed by atoms with Gasteiger partial charge in [-0.25, -0.2) is 4.39 Å². The van der Waals surface area contributed by atoms with E-state index in [1.54, 1.807) is 18.3 Å². The smallest absolute Gasteiger partial charge is 0.137 e. The molecule has 1 heterocycles. The molecular formula is C16H11ClFNS. The average Bonchev–Trinajstić information content (AvgIpc) is 2.47. The van der Waals surface area contributed by atoms with Crippen LogP contribution in [0.5, 0.6) is 0 Å². The molecule has 0 N–H and O–H groups in total. The second-order valence-corrected chi connectivity index (χ2v) is 5.79. The Bertz CT molecular complexity index is 746. The van der Waals surface area contributed by atoms with Gasteiger partial charge >= 0.3 is 0 Å². The zero-order valence-electron chi connectivity index (χ0n) is 10.5. The average molecular weight is 304 g/mol. The number of pyridine rings is 1. The summed E-state index contributed by atoms with van der Waals surface area (Å²) in [7, 11) is 0. The van der Waals surface area contributed by atoms with Crippen molar-refractivity contribution in [3.05, 3.63) is 71.1 Å². The zero-order chi connectivity index (χ0) is 13.9. The highest BCUT2D eigenvalue weighted by molar-refractivity contribution is 7.98. The van der Waals surface area contributed by atoms with E-state index in [0.717, 1.165) is 16.8 Å². The van der Waals surface area contributed by atoms with Crippen molar-refractivity contribution in [2.75, 3.05) is 0 Å². The van der Waals surface area contributed by atoms with E-state index in [2.05, 4.69) is 4.98 Å². The fraction of sp³-hybridized carbons (Fsp3) is 0.0625. The first-order chi connectivity index (χ1) is 9.74. The molecule has 0 atom stereocenters.